The number of hydrogen-bond donors (Lipinski definition) is 2. The second-order valence-corrected chi connectivity index (χ2v) is 2.50. The van der Waals surface area contributed by atoms with Crippen molar-refractivity contribution < 1.29 is 9.90 Å². The normalized spacial score (nSPS) is 11.8. The van der Waals surface area contributed by atoms with Crippen LogP contribution in [-0.4, -0.2) is 17.1 Å². The zero-order chi connectivity index (χ0) is 7.98. The van der Waals surface area contributed by atoms with Gasteiger partial charge in [-0.25, -0.2) is 0 Å². The van der Waals surface area contributed by atoms with Gasteiger partial charge in [0.15, 0.2) is 0 Å². The molecule has 4 heteroatoms. The molecule has 0 aromatic rings. The lowest BCUT2D eigenvalue weighted by Gasteiger charge is -2.05. The predicted molar refractivity (Wildman–Crippen MR) is 47.0 cm³/mol. The number of carboxylic acids is 1. The molecule has 3 N–H and O–H groups in total. The Morgan fingerprint density at radius 1 is 1.64 bits per heavy atom. The summed E-state index contributed by atoms with van der Waals surface area (Å²) in [6.07, 6.45) is 3.02. The van der Waals surface area contributed by atoms with Crippen LogP contribution in [0.3, 0.4) is 0 Å². The van der Waals surface area contributed by atoms with E-state index in [0.717, 1.165) is 19.3 Å². The molecule has 0 aliphatic heterocycles. The van der Waals surface area contributed by atoms with Crippen LogP contribution in [0.25, 0.3) is 0 Å². The van der Waals surface area contributed by atoms with E-state index in [1.807, 2.05) is 0 Å². The molecule has 1 atom stereocenters. The predicted octanol–water partition coefficient (Wildman–Crippen LogP) is 1.40. The molecule has 0 amide bonds. The minimum Gasteiger partial charge on any atom is -0.481 e. The molecule has 1 unspecified atom stereocenters. The highest BCUT2D eigenvalue weighted by Gasteiger charge is 2.05. The lowest BCUT2D eigenvalue weighted by Crippen LogP contribution is -2.23. The zero-order valence-corrected chi connectivity index (χ0v) is 7.56. The van der Waals surface area contributed by atoms with E-state index in [-0.39, 0.29) is 24.9 Å². The van der Waals surface area contributed by atoms with Gasteiger partial charge in [-0.1, -0.05) is 19.8 Å². The minimum atomic E-state index is -0.802. The third kappa shape index (κ3) is 9.72. The topological polar surface area (TPSA) is 63.3 Å². The Hall–Kier alpha value is -0.280. The smallest absolute Gasteiger partial charge is 0.304 e. The van der Waals surface area contributed by atoms with Gasteiger partial charge in [-0.3, -0.25) is 4.79 Å². The maximum absolute atomic E-state index is 10.1. The van der Waals surface area contributed by atoms with Gasteiger partial charge in [-0.15, -0.1) is 12.4 Å². The highest BCUT2D eigenvalue weighted by Crippen LogP contribution is 2.00. The summed E-state index contributed by atoms with van der Waals surface area (Å²) in [6, 6.07) is -0.155. The van der Waals surface area contributed by atoms with Crippen LogP contribution in [0.2, 0.25) is 0 Å². The van der Waals surface area contributed by atoms with Crippen molar-refractivity contribution in [2.45, 2.75) is 38.6 Å². The molecule has 0 radical (unpaired) electrons. The molecule has 0 aromatic heterocycles. The number of aliphatic carboxylic acids is 1. The van der Waals surface area contributed by atoms with E-state index in [0.29, 0.717) is 0 Å². The largest absolute Gasteiger partial charge is 0.481 e. The molecule has 0 aromatic carbocycles. The third-order valence-corrected chi connectivity index (χ3v) is 1.37. The van der Waals surface area contributed by atoms with Gasteiger partial charge in [0.25, 0.3) is 0 Å². The summed E-state index contributed by atoms with van der Waals surface area (Å²) in [5, 5.41) is 8.30. The van der Waals surface area contributed by atoms with Crippen molar-refractivity contribution in [1.29, 1.82) is 0 Å². The first-order valence-corrected chi connectivity index (χ1v) is 3.64. The van der Waals surface area contributed by atoms with E-state index >= 15 is 0 Å². The number of halogens is 1. The summed E-state index contributed by atoms with van der Waals surface area (Å²) in [4.78, 5) is 10.1. The van der Waals surface area contributed by atoms with Crippen molar-refractivity contribution in [1.82, 2.24) is 0 Å². The first kappa shape index (κ1) is 13.3. The van der Waals surface area contributed by atoms with Crippen LogP contribution in [0.5, 0.6) is 0 Å². The maximum atomic E-state index is 10.1. The van der Waals surface area contributed by atoms with Gasteiger partial charge < -0.3 is 10.8 Å². The van der Waals surface area contributed by atoms with Crippen LogP contribution in [-0.2, 0) is 4.79 Å². The van der Waals surface area contributed by atoms with E-state index in [9.17, 15) is 4.79 Å². The van der Waals surface area contributed by atoms with E-state index < -0.39 is 5.97 Å². The highest BCUT2D eigenvalue weighted by atomic mass is 35.5. The lowest BCUT2D eigenvalue weighted by molar-refractivity contribution is -0.137. The van der Waals surface area contributed by atoms with Gasteiger partial charge in [0.2, 0.25) is 0 Å². The van der Waals surface area contributed by atoms with Crippen LogP contribution in [0, 0.1) is 0 Å². The second kappa shape index (κ2) is 7.82. The van der Waals surface area contributed by atoms with Crippen LogP contribution < -0.4 is 5.73 Å². The van der Waals surface area contributed by atoms with Crippen LogP contribution >= 0.6 is 12.4 Å². The summed E-state index contributed by atoms with van der Waals surface area (Å²) in [5.74, 6) is -0.802. The molecule has 0 spiro atoms. The monoisotopic (exact) mass is 181 g/mol. The Balaban J connectivity index is 0. The van der Waals surface area contributed by atoms with E-state index in [1.165, 1.54) is 0 Å². The molecule has 3 nitrogen and oxygen atoms in total. The number of carbonyl (C=O) groups is 1. The molecule has 0 heterocycles. The maximum Gasteiger partial charge on any atom is 0.304 e. The van der Waals surface area contributed by atoms with E-state index in [4.69, 9.17) is 10.8 Å². The molecule has 11 heavy (non-hydrogen) atoms. The first-order valence-electron chi connectivity index (χ1n) is 3.64. The quantitative estimate of drug-likeness (QED) is 0.674. The van der Waals surface area contributed by atoms with Gasteiger partial charge >= 0.3 is 5.97 Å². The Morgan fingerprint density at radius 3 is 2.55 bits per heavy atom. The minimum absolute atomic E-state index is 0. The molecule has 0 saturated heterocycles. The molecule has 0 bridgehead atoms. The molecule has 0 aliphatic carbocycles. The number of hydrogen-bond acceptors (Lipinski definition) is 2. The van der Waals surface area contributed by atoms with Crippen LogP contribution in [0.4, 0.5) is 0 Å². The fourth-order valence-electron chi connectivity index (χ4n) is 0.793. The second-order valence-electron chi connectivity index (χ2n) is 2.50. The van der Waals surface area contributed by atoms with Crippen molar-refractivity contribution in [3.05, 3.63) is 0 Å². The number of carboxylic acid groups (broad SMARTS) is 1. The fraction of sp³-hybridized carbons (Fsp3) is 0.857. The Kier molecular flexibility index (Phi) is 9.47. The fourth-order valence-corrected chi connectivity index (χ4v) is 0.793. The molecule has 68 valence electrons. The van der Waals surface area contributed by atoms with Crippen molar-refractivity contribution in [3.63, 3.8) is 0 Å². The highest BCUT2D eigenvalue weighted by molar-refractivity contribution is 5.85. The number of rotatable bonds is 5. The van der Waals surface area contributed by atoms with Gasteiger partial charge in [0.05, 0.1) is 6.42 Å². The third-order valence-electron chi connectivity index (χ3n) is 1.37. The Morgan fingerprint density at radius 2 is 2.18 bits per heavy atom. The summed E-state index contributed by atoms with van der Waals surface area (Å²) in [7, 11) is 0. The van der Waals surface area contributed by atoms with E-state index in [2.05, 4.69) is 6.92 Å². The summed E-state index contributed by atoms with van der Waals surface area (Å²) in [5.41, 5.74) is 5.48. The van der Waals surface area contributed by atoms with Crippen molar-refractivity contribution in [2.75, 3.05) is 0 Å². The van der Waals surface area contributed by atoms with Crippen molar-refractivity contribution in [2.24, 2.45) is 5.73 Å². The molecule has 0 fully saturated rings. The van der Waals surface area contributed by atoms with Gasteiger partial charge in [-0.05, 0) is 6.42 Å². The zero-order valence-electron chi connectivity index (χ0n) is 6.75. The summed E-state index contributed by atoms with van der Waals surface area (Å²) < 4.78 is 0. The van der Waals surface area contributed by atoms with Gasteiger partial charge in [0.1, 0.15) is 0 Å². The average molecular weight is 182 g/mol. The van der Waals surface area contributed by atoms with Crippen LogP contribution in [0.15, 0.2) is 0 Å². The molecular formula is C7H16ClNO2. The number of nitrogens with two attached hydrogens (primary N) is 1. The number of unbranched alkanes of at least 4 members (excludes halogenated alkanes) is 1. The van der Waals surface area contributed by atoms with Gasteiger partial charge in [-0.2, -0.15) is 0 Å². The summed E-state index contributed by atoms with van der Waals surface area (Å²) >= 11 is 0. The molecule has 0 rings (SSSR count). The Bertz CT molecular complexity index is 109. The Labute approximate surface area is 73.4 Å². The summed E-state index contributed by atoms with van der Waals surface area (Å²) in [6.45, 7) is 2.06. The first-order chi connectivity index (χ1) is 4.66. The molecule has 0 aliphatic rings. The SMILES string of the molecule is CCCCC(N)CC(=O)O.Cl. The lowest BCUT2D eigenvalue weighted by atomic mass is 10.1. The molecule has 0 saturated carbocycles. The van der Waals surface area contributed by atoms with Crippen molar-refractivity contribution >= 4 is 18.4 Å². The standard InChI is InChI=1S/C7H15NO2.ClH/c1-2-3-4-6(8)5-7(9)10;/h6H,2-5,8H2,1H3,(H,9,10);1H. The van der Waals surface area contributed by atoms with E-state index in [1.54, 1.807) is 0 Å². The van der Waals surface area contributed by atoms with Crippen molar-refractivity contribution in [3.8, 4) is 0 Å². The average Bonchev–Trinajstić information content (AvgIpc) is 1.82. The van der Waals surface area contributed by atoms with Crippen LogP contribution in [0.1, 0.15) is 32.6 Å². The molecular weight excluding hydrogens is 166 g/mol. The van der Waals surface area contributed by atoms with Gasteiger partial charge in [0, 0.05) is 6.04 Å².